The zero-order chi connectivity index (χ0) is 19.4. The molecule has 1 heterocycles. The fourth-order valence-corrected chi connectivity index (χ4v) is 3.25. The van der Waals surface area contributed by atoms with E-state index in [0.29, 0.717) is 22.7 Å². The highest BCUT2D eigenvalue weighted by Gasteiger charge is 2.27. The van der Waals surface area contributed by atoms with E-state index in [1.54, 1.807) is 6.07 Å². The number of pyridine rings is 1. The predicted octanol–water partition coefficient (Wildman–Crippen LogP) is 2.26. The van der Waals surface area contributed by atoms with Crippen LogP contribution in [0.1, 0.15) is 35.3 Å². The molecule has 7 nitrogen and oxygen atoms in total. The van der Waals surface area contributed by atoms with Crippen LogP contribution in [0.15, 0.2) is 36.5 Å². The minimum atomic E-state index is -0.540. The second kappa shape index (κ2) is 8.37. The van der Waals surface area contributed by atoms with Gasteiger partial charge >= 0.3 is 0 Å². The number of phenols is 1. The van der Waals surface area contributed by atoms with Crippen LogP contribution in [0.4, 0.5) is 5.69 Å². The lowest BCUT2D eigenvalue weighted by Gasteiger charge is -2.16. The Labute approximate surface area is 161 Å². The molecule has 2 aromatic rings. The fourth-order valence-electron chi connectivity index (χ4n) is 3.06. The molecule has 2 atom stereocenters. The highest BCUT2D eigenvalue weighted by Crippen LogP contribution is 2.22. The van der Waals surface area contributed by atoms with Crippen molar-refractivity contribution in [2.75, 3.05) is 5.32 Å². The summed E-state index contributed by atoms with van der Waals surface area (Å²) in [6.45, 7) is 0. The van der Waals surface area contributed by atoms with Crippen LogP contribution in [0.3, 0.4) is 0 Å². The van der Waals surface area contributed by atoms with E-state index in [9.17, 15) is 19.8 Å². The van der Waals surface area contributed by atoms with Gasteiger partial charge in [-0.1, -0.05) is 11.6 Å². The highest BCUT2D eigenvalue weighted by molar-refractivity contribution is 6.30. The van der Waals surface area contributed by atoms with Gasteiger partial charge in [0.25, 0.3) is 5.91 Å². The molecule has 4 N–H and O–H groups in total. The lowest BCUT2D eigenvalue weighted by atomic mass is 10.1. The number of nitrogens with zero attached hydrogens (tertiary/aromatic N) is 1. The Morgan fingerprint density at radius 1 is 1.22 bits per heavy atom. The number of carbonyl (C=O) groups excluding carboxylic acids is 2. The van der Waals surface area contributed by atoms with Crippen LogP contribution in [-0.4, -0.2) is 39.2 Å². The topological polar surface area (TPSA) is 112 Å². The minimum Gasteiger partial charge on any atom is -0.508 e. The van der Waals surface area contributed by atoms with Crippen molar-refractivity contribution in [2.45, 2.75) is 37.8 Å². The molecule has 1 aromatic heterocycles. The third-order valence-corrected chi connectivity index (χ3v) is 4.70. The van der Waals surface area contributed by atoms with E-state index < -0.39 is 12.0 Å². The van der Waals surface area contributed by atoms with Crippen LogP contribution in [0.25, 0.3) is 0 Å². The number of carbonyl (C=O) groups is 2. The summed E-state index contributed by atoms with van der Waals surface area (Å²) in [4.78, 5) is 28.6. The molecule has 0 saturated heterocycles. The molecule has 1 fully saturated rings. The van der Waals surface area contributed by atoms with E-state index >= 15 is 0 Å². The number of aliphatic hydroxyl groups is 1. The van der Waals surface area contributed by atoms with Crippen LogP contribution < -0.4 is 10.6 Å². The summed E-state index contributed by atoms with van der Waals surface area (Å²) in [5, 5.41) is 25.5. The molecule has 0 radical (unpaired) electrons. The average Bonchev–Trinajstić information content (AvgIpc) is 3.03. The smallest absolute Gasteiger partial charge is 0.270 e. The van der Waals surface area contributed by atoms with E-state index in [-0.39, 0.29) is 29.8 Å². The molecule has 0 unspecified atom stereocenters. The van der Waals surface area contributed by atoms with E-state index in [1.807, 2.05) is 0 Å². The molecule has 27 heavy (non-hydrogen) atoms. The van der Waals surface area contributed by atoms with Crippen molar-refractivity contribution in [3.05, 3.63) is 52.8 Å². The van der Waals surface area contributed by atoms with Crippen molar-refractivity contribution < 1.29 is 19.8 Å². The lowest BCUT2D eigenvalue weighted by Crippen LogP contribution is -2.40. The number of hydrogen-bond acceptors (Lipinski definition) is 5. The van der Waals surface area contributed by atoms with Gasteiger partial charge in [-0.05, 0) is 49.6 Å². The molecule has 142 valence electrons. The normalized spacial score (nSPS) is 18.9. The number of aromatic hydroxyl groups is 1. The second-order valence-electron chi connectivity index (χ2n) is 6.51. The lowest BCUT2D eigenvalue weighted by molar-refractivity contribution is -0.115. The predicted molar refractivity (Wildman–Crippen MR) is 101 cm³/mol. The van der Waals surface area contributed by atoms with Crippen molar-refractivity contribution in [3.63, 3.8) is 0 Å². The number of hydrogen-bond donors (Lipinski definition) is 4. The maximum atomic E-state index is 12.3. The summed E-state index contributed by atoms with van der Waals surface area (Å²) in [6, 6.07) is 7.24. The average molecular weight is 390 g/mol. The number of aliphatic hydroxyl groups excluding tert-OH is 1. The molecule has 1 saturated carbocycles. The summed E-state index contributed by atoms with van der Waals surface area (Å²) in [7, 11) is 0. The maximum Gasteiger partial charge on any atom is 0.270 e. The summed E-state index contributed by atoms with van der Waals surface area (Å²) >= 11 is 5.88. The number of phenolic OH excluding ortho intramolecular Hbond substituents is 1. The third kappa shape index (κ3) is 4.96. The molecule has 3 rings (SSSR count). The van der Waals surface area contributed by atoms with Gasteiger partial charge in [0.2, 0.25) is 5.91 Å². The largest absolute Gasteiger partial charge is 0.508 e. The molecule has 1 aromatic carbocycles. The Morgan fingerprint density at radius 2 is 2.04 bits per heavy atom. The number of nitrogens with one attached hydrogen (secondary N) is 2. The Balaban J connectivity index is 1.63. The van der Waals surface area contributed by atoms with Gasteiger partial charge in [0, 0.05) is 22.5 Å². The van der Waals surface area contributed by atoms with E-state index in [1.165, 1.54) is 30.5 Å². The number of amides is 2. The van der Waals surface area contributed by atoms with Gasteiger partial charge in [-0.2, -0.15) is 0 Å². The first-order valence-corrected chi connectivity index (χ1v) is 9.02. The maximum absolute atomic E-state index is 12.3. The molecule has 8 heteroatoms. The van der Waals surface area contributed by atoms with Gasteiger partial charge < -0.3 is 20.8 Å². The second-order valence-corrected chi connectivity index (χ2v) is 6.94. The Kier molecular flexibility index (Phi) is 5.93. The van der Waals surface area contributed by atoms with Crippen LogP contribution in [-0.2, 0) is 11.2 Å². The number of halogens is 1. The first-order valence-electron chi connectivity index (χ1n) is 8.64. The Bertz CT molecular complexity index is 859. The molecule has 0 bridgehead atoms. The SMILES string of the molecule is O=C(Cc1cc(Cl)ccc1O)Nc1ccnc(C(=O)N[C@H]2CCC[C@H]2O)c1. The van der Waals surface area contributed by atoms with Crippen molar-refractivity contribution >= 4 is 29.1 Å². The quantitative estimate of drug-likeness (QED) is 0.626. The van der Waals surface area contributed by atoms with Crippen molar-refractivity contribution in [1.82, 2.24) is 10.3 Å². The standard InChI is InChI=1S/C19H20ClN3O4/c20-12-4-5-16(24)11(8-12)9-18(26)22-13-6-7-21-15(10-13)19(27)23-14-2-1-3-17(14)25/h4-8,10,14,17,24-25H,1-3,9H2,(H,23,27)(H,21,22,26)/t14-,17+/m0/s1. The van der Waals surface area contributed by atoms with Gasteiger partial charge in [-0.15, -0.1) is 0 Å². The van der Waals surface area contributed by atoms with Gasteiger partial charge in [-0.25, -0.2) is 0 Å². The van der Waals surface area contributed by atoms with Gasteiger partial charge in [0.15, 0.2) is 0 Å². The van der Waals surface area contributed by atoms with Crippen LogP contribution in [0, 0.1) is 0 Å². The summed E-state index contributed by atoms with van der Waals surface area (Å²) in [5.74, 6) is -0.777. The summed E-state index contributed by atoms with van der Waals surface area (Å²) in [6.07, 6.45) is 3.09. The zero-order valence-electron chi connectivity index (χ0n) is 14.5. The summed E-state index contributed by atoms with van der Waals surface area (Å²) in [5.41, 5.74) is 0.966. The van der Waals surface area contributed by atoms with Gasteiger partial charge in [0.05, 0.1) is 18.6 Å². The van der Waals surface area contributed by atoms with Crippen molar-refractivity contribution in [3.8, 4) is 5.75 Å². The first kappa shape index (κ1) is 19.1. The molecular formula is C19H20ClN3O4. The highest BCUT2D eigenvalue weighted by atomic mass is 35.5. The zero-order valence-corrected chi connectivity index (χ0v) is 15.2. The van der Waals surface area contributed by atoms with Crippen LogP contribution in [0.2, 0.25) is 5.02 Å². The summed E-state index contributed by atoms with van der Waals surface area (Å²) < 4.78 is 0. The van der Waals surface area contributed by atoms with Crippen molar-refractivity contribution in [2.24, 2.45) is 0 Å². The van der Waals surface area contributed by atoms with E-state index in [4.69, 9.17) is 11.6 Å². The van der Waals surface area contributed by atoms with E-state index in [2.05, 4.69) is 15.6 Å². The molecule has 0 aliphatic heterocycles. The molecule has 0 spiro atoms. The van der Waals surface area contributed by atoms with Crippen LogP contribution >= 0.6 is 11.6 Å². The van der Waals surface area contributed by atoms with Crippen LogP contribution in [0.5, 0.6) is 5.75 Å². The molecule has 1 aliphatic rings. The van der Waals surface area contributed by atoms with Gasteiger partial charge in [0.1, 0.15) is 11.4 Å². The molecule has 2 amide bonds. The molecule has 1 aliphatic carbocycles. The van der Waals surface area contributed by atoms with E-state index in [0.717, 1.165) is 12.8 Å². The molecular weight excluding hydrogens is 370 g/mol. The minimum absolute atomic E-state index is 0.0144. The Hall–Kier alpha value is -2.64. The monoisotopic (exact) mass is 389 g/mol. The van der Waals surface area contributed by atoms with Crippen molar-refractivity contribution in [1.29, 1.82) is 0 Å². The Morgan fingerprint density at radius 3 is 2.78 bits per heavy atom. The fraction of sp³-hybridized carbons (Fsp3) is 0.316. The number of rotatable bonds is 5. The number of aromatic nitrogens is 1. The third-order valence-electron chi connectivity index (χ3n) is 4.46. The number of anilines is 1. The number of benzene rings is 1. The first-order chi connectivity index (χ1) is 12.9. The van der Waals surface area contributed by atoms with Gasteiger partial charge in [-0.3, -0.25) is 14.6 Å².